The van der Waals surface area contributed by atoms with E-state index in [4.69, 9.17) is 10.5 Å². The van der Waals surface area contributed by atoms with E-state index in [-0.39, 0.29) is 23.5 Å². The number of aromatic nitrogens is 2. The molecule has 0 aromatic carbocycles. The fourth-order valence-corrected chi connectivity index (χ4v) is 2.52. The minimum atomic E-state index is -0.892. The van der Waals surface area contributed by atoms with E-state index in [9.17, 15) is 9.59 Å². The number of rotatable bonds is 4. The fourth-order valence-electron chi connectivity index (χ4n) is 2.52. The zero-order chi connectivity index (χ0) is 15.9. The van der Waals surface area contributed by atoms with Crippen LogP contribution in [0.1, 0.15) is 55.9 Å². The third-order valence-corrected chi connectivity index (χ3v) is 3.77. The van der Waals surface area contributed by atoms with Crippen LogP contribution in [-0.4, -0.2) is 34.0 Å². The Hall–Kier alpha value is -2.18. The number of amides is 1. The van der Waals surface area contributed by atoms with E-state index >= 15 is 0 Å². The predicted molar refractivity (Wildman–Crippen MR) is 81.0 cm³/mol. The fraction of sp³-hybridized carbons (Fsp3) is 0.600. The summed E-state index contributed by atoms with van der Waals surface area (Å²) >= 11 is 0. The van der Waals surface area contributed by atoms with Crippen molar-refractivity contribution in [2.75, 3.05) is 5.73 Å². The molecule has 0 bridgehead atoms. The molecule has 1 amide bonds. The lowest BCUT2D eigenvalue weighted by Gasteiger charge is -2.19. The van der Waals surface area contributed by atoms with Gasteiger partial charge < -0.3 is 15.8 Å². The first-order valence-corrected chi connectivity index (χ1v) is 7.65. The Bertz CT molecular complexity index is 527. The molecule has 7 nitrogen and oxygen atoms in total. The van der Waals surface area contributed by atoms with E-state index in [2.05, 4.69) is 15.3 Å². The van der Waals surface area contributed by atoms with Crippen LogP contribution in [0.5, 0.6) is 0 Å². The van der Waals surface area contributed by atoms with Gasteiger partial charge in [-0.1, -0.05) is 25.7 Å². The lowest BCUT2D eigenvalue weighted by atomic mass is 10.1. The highest BCUT2D eigenvalue weighted by Crippen LogP contribution is 2.17. The molecule has 22 heavy (non-hydrogen) atoms. The van der Waals surface area contributed by atoms with E-state index < -0.39 is 12.1 Å². The number of nitrogen functional groups attached to an aromatic ring is 1. The number of hydrogen-bond acceptors (Lipinski definition) is 6. The number of esters is 1. The molecule has 1 fully saturated rings. The summed E-state index contributed by atoms with van der Waals surface area (Å²) in [5, 5.41) is 2.95. The van der Waals surface area contributed by atoms with Gasteiger partial charge in [-0.25, -0.2) is 14.8 Å². The first kappa shape index (κ1) is 16.2. The van der Waals surface area contributed by atoms with Gasteiger partial charge in [0.1, 0.15) is 0 Å². The molecule has 1 heterocycles. The second-order valence-corrected chi connectivity index (χ2v) is 5.53. The Kier molecular flexibility index (Phi) is 5.68. The van der Waals surface area contributed by atoms with E-state index in [1.54, 1.807) is 0 Å². The Morgan fingerprint density at radius 2 is 1.86 bits per heavy atom. The Morgan fingerprint density at radius 1 is 1.23 bits per heavy atom. The van der Waals surface area contributed by atoms with Gasteiger partial charge in [-0.3, -0.25) is 4.79 Å². The smallest absolute Gasteiger partial charge is 0.361 e. The predicted octanol–water partition coefficient (Wildman–Crippen LogP) is 1.44. The summed E-state index contributed by atoms with van der Waals surface area (Å²) in [4.78, 5) is 31.7. The van der Waals surface area contributed by atoms with Crippen LogP contribution in [0.15, 0.2) is 12.4 Å². The van der Waals surface area contributed by atoms with Crippen molar-refractivity contribution in [3.63, 3.8) is 0 Å². The van der Waals surface area contributed by atoms with Gasteiger partial charge in [0, 0.05) is 18.4 Å². The van der Waals surface area contributed by atoms with E-state index in [1.807, 2.05) is 0 Å². The molecule has 7 heteroatoms. The van der Waals surface area contributed by atoms with Gasteiger partial charge in [-0.05, 0) is 19.8 Å². The molecule has 1 aliphatic rings. The van der Waals surface area contributed by atoms with Crippen LogP contribution >= 0.6 is 0 Å². The maximum atomic E-state index is 12.1. The number of hydrogen-bond donors (Lipinski definition) is 2. The number of anilines is 1. The molecule has 1 aliphatic carbocycles. The van der Waals surface area contributed by atoms with Crippen LogP contribution in [0.3, 0.4) is 0 Å². The lowest BCUT2D eigenvalue weighted by molar-refractivity contribution is -0.129. The number of nitrogens with zero attached hydrogens (tertiary/aromatic N) is 2. The zero-order valence-corrected chi connectivity index (χ0v) is 12.7. The van der Waals surface area contributed by atoms with Crippen molar-refractivity contribution in [1.82, 2.24) is 15.3 Å². The van der Waals surface area contributed by atoms with Crippen molar-refractivity contribution in [1.29, 1.82) is 0 Å². The third-order valence-electron chi connectivity index (χ3n) is 3.77. The Labute approximate surface area is 129 Å². The highest BCUT2D eigenvalue weighted by Gasteiger charge is 2.24. The van der Waals surface area contributed by atoms with Crippen LogP contribution < -0.4 is 11.1 Å². The SMILES string of the molecule is CC(OC(=O)c1nccnc1N)C(=O)NC1CCCCCC1. The molecule has 120 valence electrons. The Morgan fingerprint density at radius 3 is 2.50 bits per heavy atom. The third kappa shape index (κ3) is 4.41. The van der Waals surface area contributed by atoms with Crippen molar-refractivity contribution >= 4 is 17.7 Å². The first-order chi connectivity index (χ1) is 10.6. The van der Waals surface area contributed by atoms with Crippen molar-refractivity contribution < 1.29 is 14.3 Å². The largest absolute Gasteiger partial charge is 0.448 e. The highest BCUT2D eigenvalue weighted by atomic mass is 16.5. The van der Waals surface area contributed by atoms with Crippen molar-refractivity contribution in [2.45, 2.75) is 57.6 Å². The summed E-state index contributed by atoms with van der Waals surface area (Å²) in [6.45, 7) is 1.54. The lowest BCUT2D eigenvalue weighted by Crippen LogP contribution is -2.42. The van der Waals surface area contributed by atoms with Gasteiger partial charge in [-0.2, -0.15) is 0 Å². The minimum Gasteiger partial charge on any atom is -0.448 e. The van der Waals surface area contributed by atoms with E-state index in [0.717, 1.165) is 25.7 Å². The van der Waals surface area contributed by atoms with Crippen LogP contribution in [0.25, 0.3) is 0 Å². The molecule has 0 spiro atoms. The van der Waals surface area contributed by atoms with Crippen molar-refractivity contribution in [3.05, 3.63) is 18.1 Å². The van der Waals surface area contributed by atoms with Crippen LogP contribution in [0, 0.1) is 0 Å². The number of carbonyl (C=O) groups is 2. The van der Waals surface area contributed by atoms with E-state index in [1.165, 1.54) is 32.2 Å². The maximum Gasteiger partial charge on any atom is 0.361 e. The summed E-state index contributed by atoms with van der Waals surface area (Å²) in [5.41, 5.74) is 5.49. The normalized spacial score (nSPS) is 17.3. The van der Waals surface area contributed by atoms with Gasteiger partial charge >= 0.3 is 5.97 Å². The second-order valence-electron chi connectivity index (χ2n) is 5.53. The Balaban J connectivity index is 1.88. The second kappa shape index (κ2) is 7.72. The minimum absolute atomic E-state index is 0.0103. The molecular weight excluding hydrogens is 284 g/mol. The molecule has 1 aromatic heterocycles. The van der Waals surface area contributed by atoms with Gasteiger partial charge in [0.2, 0.25) is 0 Å². The molecule has 1 atom stereocenters. The van der Waals surface area contributed by atoms with Gasteiger partial charge in [0.05, 0.1) is 0 Å². The average molecular weight is 306 g/mol. The van der Waals surface area contributed by atoms with Gasteiger partial charge in [-0.15, -0.1) is 0 Å². The average Bonchev–Trinajstić information content (AvgIpc) is 2.76. The summed E-state index contributed by atoms with van der Waals surface area (Å²) in [6, 6.07) is 0.165. The molecule has 0 radical (unpaired) electrons. The topological polar surface area (TPSA) is 107 Å². The van der Waals surface area contributed by atoms with Gasteiger partial charge in [0.25, 0.3) is 5.91 Å². The number of nitrogens with one attached hydrogen (secondary N) is 1. The number of carbonyl (C=O) groups excluding carboxylic acids is 2. The van der Waals surface area contributed by atoms with Gasteiger partial charge in [0.15, 0.2) is 17.6 Å². The van der Waals surface area contributed by atoms with Crippen LogP contribution in [0.4, 0.5) is 5.82 Å². The monoisotopic (exact) mass is 306 g/mol. The first-order valence-electron chi connectivity index (χ1n) is 7.65. The van der Waals surface area contributed by atoms with Crippen LogP contribution in [-0.2, 0) is 9.53 Å². The molecule has 1 unspecified atom stereocenters. The highest BCUT2D eigenvalue weighted by molar-refractivity contribution is 5.94. The molecule has 1 aromatic rings. The quantitative estimate of drug-likeness (QED) is 0.644. The van der Waals surface area contributed by atoms with Crippen molar-refractivity contribution in [2.24, 2.45) is 0 Å². The summed E-state index contributed by atoms with van der Waals surface area (Å²) < 4.78 is 5.12. The molecule has 1 saturated carbocycles. The summed E-state index contributed by atoms with van der Waals surface area (Å²) in [7, 11) is 0. The number of nitrogens with two attached hydrogens (primary N) is 1. The molecule has 0 aliphatic heterocycles. The standard InChI is InChI=1S/C15H22N4O3/c1-10(14(20)19-11-6-4-2-3-5-7-11)22-15(21)12-13(16)18-9-8-17-12/h8-11H,2-7H2,1H3,(H2,16,18)(H,19,20). The maximum absolute atomic E-state index is 12.1. The zero-order valence-electron chi connectivity index (χ0n) is 12.7. The molecule has 0 saturated heterocycles. The molecular formula is C15H22N4O3. The summed E-state index contributed by atoms with van der Waals surface area (Å²) in [6.07, 6.45) is 8.46. The van der Waals surface area contributed by atoms with E-state index in [0.29, 0.717) is 0 Å². The molecule has 3 N–H and O–H groups in total. The summed E-state index contributed by atoms with van der Waals surface area (Å²) in [5.74, 6) is -1.04. The van der Waals surface area contributed by atoms with Crippen LogP contribution in [0.2, 0.25) is 0 Å². The number of ether oxygens (including phenoxy) is 1. The molecule has 2 rings (SSSR count). The van der Waals surface area contributed by atoms with Crippen molar-refractivity contribution in [3.8, 4) is 0 Å².